The number of benzene rings is 1. The first-order chi connectivity index (χ1) is 9.10. The predicted molar refractivity (Wildman–Crippen MR) is 89.0 cm³/mol. The lowest BCUT2D eigenvalue weighted by atomic mass is 10.0. The maximum atomic E-state index is 5.92. The molecule has 0 spiro atoms. The second-order valence-corrected chi connectivity index (χ2v) is 8.49. The van der Waals surface area contributed by atoms with Gasteiger partial charge in [0.25, 0.3) is 0 Å². The third-order valence-corrected chi connectivity index (χ3v) is 7.41. The van der Waals surface area contributed by atoms with Crippen LogP contribution in [0.15, 0.2) is 24.3 Å². The van der Waals surface area contributed by atoms with E-state index in [1.165, 1.54) is 11.3 Å². The van der Waals surface area contributed by atoms with Gasteiger partial charge in [0.2, 0.25) is 0 Å². The third kappa shape index (κ3) is 4.30. The van der Waals surface area contributed by atoms with Crippen LogP contribution in [-0.2, 0) is 6.42 Å². The summed E-state index contributed by atoms with van der Waals surface area (Å²) in [7, 11) is 0. The number of nitrogens with one attached hydrogen (secondary N) is 1. The topological polar surface area (TPSA) is 38.0 Å². The lowest BCUT2D eigenvalue weighted by Gasteiger charge is -2.35. The highest BCUT2D eigenvalue weighted by atomic mass is 35.5. The summed E-state index contributed by atoms with van der Waals surface area (Å²) in [6.45, 7) is 4.62. The Bertz CT molecular complexity index is 399. The molecule has 0 aliphatic carbocycles. The van der Waals surface area contributed by atoms with E-state index in [9.17, 15) is 0 Å². The number of nitrogens with two attached hydrogens (primary N) is 1. The quantitative estimate of drug-likeness (QED) is 0.660. The normalized spacial score (nSPS) is 29.2. The molecule has 0 bridgehead atoms. The highest BCUT2D eigenvalue weighted by Crippen LogP contribution is 2.37. The molecule has 106 valence electrons. The lowest BCUT2D eigenvalue weighted by molar-refractivity contribution is 0.521. The van der Waals surface area contributed by atoms with Gasteiger partial charge in [0.15, 0.2) is 0 Å². The molecule has 0 amide bonds. The fraction of sp³-hybridized carbons (Fsp3) is 0.571. The summed E-state index contributed by atoms with van der Waals surface area (Å²) >= 11 is 10.0. The zero-order chi connectivity index (χ0) is 13.8. The number of hydrazine groups is 1. The second kappa shape index (κ2) is 7.23. The molecule has 1 heterocycles. The van der Waals surface area contributed by atoms with Crippen LogP contribution in [0.5, 0.6) is 0 Å². The fourth-order valence-corrected chi connectivity index (χ4v) is 5.43. The van der Waals surface area contributed by atoms with Crippen LogP contribution in [0.1, 0.15) is 19.4 Å². The Labute approximate surface area is 129 Å². The molecular formula is C14H21ClN2S2. The Hall–Kier alpha value is 0.130. The molecule has 1 aromatic rings. The summed E-state index contributed by atoms with van der Waals surface area (Å²) in [6.07, 6.45) is 0.951. The Morgan fingerprint density at radius 3 is 2.58 bits per heavy atom. The summed E-state index contributed by atoms with van der Waals surface area (Å²) < 4.78 is 0. The number of halogens is 1. The smallest absolute Gasteiger partial charge is 0.0406 e. The number of hydrogen-bond donors (Lipinski definition) is 2. The molecule has 1 aromatic carbocycles. The van der Waals surface area contributed by atoms with Crippen LogP contribution in [0, 0.1) is 0 Å². The van der Waals surface area contributed by atoms with Gasteiger partial charge in [-0.1, -0.05) is 37.6 Å². The van der Waals surface area contributed by atoms with Crippen molar-refractivity contribution < 1.29 is 0 Å². The first-order valence-electron chi connectivity index (χ1n) is 6.57. The van der Waals surface area contributed by atoms with Crippen molar-refractivity contribution >= 4 is 35.1 Å². The molecule has 2 rings (SSSR count). The van der Waals surface area contributed by atoms with Crippen LogP contribution in [0.3, 0.4) is 0 Å². The monoisotopic (exact) mass is 316 g/mol. The van der Waals surface area contributed by atoms with E-state index < -0.39 is 0 Å². The van der Waals surface area contributed by atoms with E-state index in [-0.39, 0.29) is 0 Å². The lowest BCUT2D eigenvalue weighted by Crippen LogP contribution is -2.47. The van der Waals surface area contributed by atoms with Crippen LogP contribution in [0.25, 0.3) is 0 Å². The zero-order valence-corrected chi connectivity index (χ0v) is 13.7. The molecular weight excluding hydrogens is 296 g/mol. The Balaban J connectivity index is 1.98. The van der Waals surface area contributed by atoms with Gasteiger partial charge >= 0.3 is 0 Å². The van der Waals surface area contributed by atoms with E-state index in [4.69, 9.17) is 17.4 Å². The van der Waals surface area contributed by atoms with Gasteiger partial charge in [0.05, 0.1) is 0 Å². The average Bonchev–Trinajstić information content (AvgIpc) is 2.41. The van der Waals surface area contributed by atoms with Gasteiger partial charge in [-0.05, 0) is 24.1 Å². The molecule has 4 atom stereocenters. The van der Waals surface area contributed by atoms with Crippen LogP contribution in [0.2, 0.25) is 5.02 Å². The maximum absolute atomic E-state index is 5.92. The Morgan fingerprint density at radius 1 is 1.32 bits per heavy atom. The van der Waals surface area contributed by atoms with E-state index in [1.807, 2.05) is 12.1 Å². The molecule has 0 saturated carbocycles. The molecule has 1 aliphatic rings. The minimum atomic E-state index is 0.314. The molecule has 1 saturated heterocycles. The minimum Gasteiger partial charge on any atom is -0.271 e. The molecule has 19 heavy (non-hydrogen) atoms. The molecule has 0 aromatic heterocycles. The third-order valence-electron chi connectivity index (χ3n) is 3.61. The van der Waals surface area contributed by atoms with Crippen molar-refractivity contribution in [2.45, 2.75) is 42.1 Å². The van der Waals surface area contributed by atoms with Gasteiger partial charge in [-0.15, -0.1) is 0 Å². The van der Waals surface area contributed by atoms with Crippen molar-refractivity contribution in [2.75, 3.05) is 5.75 Å². The Kier molecular flexibility index (Phi) is 5.90. The Morgan fingerprint density at radius 2 is 2.00 bits per heavy atom. The molecule has 2 nitrogen and oxygen atoms in total. The number of rotatable bonds is 4. The first kappa shape index (κ1) is 15.5. The van der Waals surface area contributed by atoms with Crippen LogP contribution >= 0.6 is 35.1 Å². The van der Waals surface area contributed by atoms with Crippen LogP contribution < -0.4 is 11.3 Å². The van der Waals surface area contributed by atoms with Gasteiger partial charge in [0, 0.05) is 32.6 Å². The fourth-order valence-electron chi connectivity index (χ4n) is 2.19. The van der Waals surface area contributed by atoms with E-state index in [1.54, 1.807) is 0 Å². The summed E-state index contributed by atoms with van der Waals surface area (Å²) in [5, 5.41) is 2.77. The molecule has 1 aliphatic heterocycles. The highest BCUT2D eigenvalue weighted by molar-refractivity contribution is 8.07. The van der Waals surface area contributed by atoms with Crippen molar-refractivity contribution in [3.63, 3.8) is 0 Å². The number of thioether (sulfide) groups is 2. The van der Waals surface area contributed by atoms with Crippen molar-refractivity contribution in [3.8, 4) is 0 Å². The summed E-state index contributed by atoms with van der Waals surface area (Å²) in [4.78, 5) is 0. The predicted octanol–water partition coefficient (Wildman–Crippen LogP) is 3.34. The van der Waals surface area contributed by atoms with Crippen molar-refractivity contribution in [1.29, 1.82) is 0 Å². The van der Waals surface area contributed by atoms with Gasteiger partial charge in [-0.25, -0.2) is 0 Å². The van der Waals surface area contributed by atoms with Crippen LogP contribution in [-0.4, -0.2) is 27.5 Å². The SMILES string of the molecule is CC1SCC(C(Cc2ccc(Cl)cc2)NN)SC1C. The largest absolute Gasteiger partial charge is 0.271 e. The van der Waals surface area contributed by atoms with Crippen LogP contribution in [0.4, 0.5) is 0 Å². The van der Waals surface area contributed by atoms with Crippen molar-refractivity contribution in [1.82, 2.24) is 5.43 Å². The minimum absolute atomic E-state index is 0.314. The highest BCUT2D eigenvalue weighted by Gasteiger charge is 2.30. The van der Waals surface area contributed by atoms with Gasteiger partial charge in [-0.2, -0.15) is 23.5 Å². The second-order valence-electron chi connectivity index (χ2n) is 5.02. The molecule has 0 radical (unpaired) electrons. The van der Waals surface area contributed by atoms with Crippen molar-refractivity contribution in [3.05, 3.63) is 34.9 Å². The van der Waals surface area contributed by atoms with E-state index >= 15 is 0 Å². The number of hydrogen-bond acceptors (Lipinski definition) is 4. The molecule has 4 unspecified atom stereocenters. The summed E-state index contributed by atoms with van der Waals surface area (Å²) in [5.74, 6) is 6.93. The summed E-state index contributed by atoms with van der Waals surface area (Å²) in [5.41, 5.74) is 4.28. The standard InChI is InChI=1S/C14H21ClN2S2/c1-9-10(2)19-14(8-18-9)13(17-16)7-11-3-5-12(15)6-4-11/h3-6,9-10,13-14,17H,7-8,16H2,1-2H3. The van der Waals surface area contributed by atoms with E-state index in [0.29, 0.717) is 16.5 Å². The summed E-state index contributed by atoms with van der Waals surface area (Å²) in [6, 6.07) is 8.36. The maximum Gasteiger partial charge on any atom is 0.0406 e. The molecule has 1 fully saturated rings. The van der Waals surface area contributed by atoms with Gasteiger partial charge in [0.1, 0.15) is 0 Å². The van der Waals surface area contributed by atoms with Gasteiger partial charge in [-0.3, -0.25) is 11.3 Å². The average molecular weight is 317 g/mol. The zero-order valence-electron chi connectivity index (χ0n) is 11.3. The van der Waals surface area contributed by atoms with Crippen molar-refractivity contribution in [2.24, 2.45) is 5.84 Å². The van der Waals surface area contributed by atoms with E-state index in [2.05, 4.69) is 54.9 Å². The molecule has 5 heteroatoms. The molecule has 3 N–H and O–H groups in total. The first-order valence-corrected chi connectivity index (χ1v) is 8.94. The van der Waals surface area contributed by atoms with E-state index in [0.717, 1.165) is 16.7 Å². The van der Waals surface area contributed by atoms with Gasteiger partial charge < -0.3 is 0 Å².